The normalized spacial score (nSPS) is 25.8. The van der Waals surface area contributed by atoms with E-state index in [4.69, 9.17) is 15.6 Å². The Morgan fingerprint density at radius 2 is 1.93 bits per heavy atom. The number of alkyl halides is 6. The van der Waals surface area contributed by atoms with E-state index < -0.39 is 62.0 Å². The molecule has 0 radical (unpaired) electrons. The quantitative estimate of drug-likeness (QED) is 0.583. The molecule has 9 nitrogen and oxygen atoms in total. The fraction of sp³-hybridized carbons (Fsp3) is 0.643. The maximum atomic E-state index is 14.0. The summed E-state index contributed by atoms with van der Waals surface area (Å²) in [5.74, 6) is -5.46. The first-order valence-electron chi connectivity index (χ1n) is 8.15. The molecule has 0 aliphatic carbocycles. The van der Waals surface area contributed by atoms with Crippen molar-refractivity contribution in [1.82, 2.24) is 19.1 Å². The van der Waals surface area contributed by atoms with Crippen LogP contribution in [-0.4, -0.2) is 66.4 Å². The van der Waals surface area contributed by atoms with Gasteiger partial charge in [0.05, 0.1) is 12.8 Å². The highest BCUT2D eigenvalue weighted by atomic mass is 19.4. The van der Waals surface area contributed by atoms with Gasteiger partial charge in [0.2, 0.25) is 5.95 Å². The second kappa shape index (κ2) is 7.14. The van der Waals surface area contributed by atoms with Crippen molar-refractivity contribution in [3.8, 4) is 0 Å². The minimum Gasteiger partial charge on any atom is -0.394 e. The minimum atomic E-state index is -5.82. The zero-order valence-electron chi connectivity index (χ0n) is 14.4. The largest absolute Gasteiger partial charge is 0.453 e. The standard InChI is InChI=1S/C14H15F6N5O4/c15-7-6(4-26)29-10(8(7)27)25-9-5(3-22-11(21)23-9)24(12(25)28)2-1-13(16,17)14(18,19)20/h3,6-8,10,26-27H,1-2,4H2,(H2,21,22,23)/t6-,7-,8-,10-/m1/s1. The zero-order valence-corrected chi connectivity index (χ0v) is 14.4. The van der Waals surface area contributed by atoms with Gasteiger partial charge in [-0.15, -0.1) is 0 Å². The van der Waals surface area contributed by atoms with Gasteiger partial charge in [-0.3, -0.25) is 4.57 Å². The lowest BCUT2D eigenvalue weighted by Crippen LogP contribution is -2.39. The fourth-order valence-electron chi connectivity index (χ4n) is 2.98. The van der Waals surface area contributed by atoms with Gasteiger partial charge < -0.3 is 20.7 Å². The number of imidazole rings is 1. The first-order chi connectivity index (χ1) is 13.4. The first kappa shape index (κ1) is 21.3. The highest BCUT2D eigenvalue weighted by Gasteiger charge is 2.57. The van der Waals surface area contributed by atoms with Crippen LogP contribution in [0.5, 0.6) is 0 Å². The van der Waals surface area contributed by atoms with Crippen LogP contribution < -0.4 is 11.4 Å². The summed E-state index contributed by atoms with van der Waals surface area (Å²) >= 11 is 0. The Morgan fingerprint density at radius 1 is 1.28 bits per heavy atom. The summed E-state index contributed by atoms with van der Waals surface area (Å²) in [4.78, 5) is 20.0. The number of hydrogen-bond donors (Lipinski definition) is 3. The minimum absolute atomic E-state index is 0.277. The SMILES string of the molecule is Nc1ncc2c(n1)n([C@@H]1O[C@H](CO)[C@@H](F)[C@H]1O)c(=O)n2CCC(F)(F)C(F)(F)F. The Morgan fingerprint density at radius 3 is 2.48 bits per heavy atom. The molecule has 3 heterocycles. The molecule has 1 saturated heterocycles. The summed E-state index contributed by atoms with van der Waals surface area (Å²) in [5, 5.41) is 19.1. The molecule has 2 aromatic rings. The van der Waals surface area contributed by atoms with Crippen molar-refractivity contribution in [2.75, 3.05) is 12.3 Å². The van der Waals surface area contributed by atoms with Crippen LogP contribution in [0.15, 0.2) is 11.0 Å². The van der Waals surface area contributed by atoms with Crippen LogP contribution in [0.4, 0.5) is 32.3 Å². The van der Waals surface area contributed by atoms with Crippen molar-refractivity contribution in [1.29, 1.82) is 0 Å². The number of aromatic nitrogens is 4. The second-order valence-corrected chi connectivity index (χ2v) is 6.38. The van der Waals surface area contributed by atoms with E-state index in [1.165, 1.54) is 0 Å². The van der Waals surface area contributed by atoms with E-state index in [0.717, 1.165) is 6.20 Å². The number of nitrogens with zero attached hydrogens (tertiary/aromatic N) is 4. The monoisotopic (exact) mass is 431 g/mol. The summed E-state index contributed by atoms with van der Waals surface area (Å²) in [6.45, 7) is -1.93. The molecule has 162 valence electrons. The molecule has 0 bridgehead atoms. The molecule has 29 heavy (non-hydrogen) atoms. The van der Waals surface area contributed by atoms with E-state index in [1.807, 2.05) is 0 Å². The Balaban J connectivity index is 2.08. The molecule has 2 aromatic heterocycles. The number of aliphatic hydroxyl groups is 2. The van der Waals surface area contributed by atoms with Gasteiger partial charge in [0.1, 0.15) is 17.7 Å². The van der Waals surface area contributed by atoms with Crippen LogP contribution in [0.3, 0.4) is 0 Å². The molecule has 0 saturated carbocycles. The average Bonchev–Trinajstić information content (AvgIpc) is 3.05. The highest BCUT2D eigenvalue weighted by molar-refractivity contribution is 5.72. The summed E-state index contributed by atoms with van der Waals surface area (Å²) in [7, 11) is 0. The molecule has 1 fully saturated rings. The summed E-state index contributed by atoms with van der Waals surface area (Å²) in [5.41, 5.74) is 3.59. The molecule has 0 amide bonds. The molecule has 0 unspecified atom stereocenters. The number of nitrogens with two attached hydrogens (primary N) is 1. The molecule has 0 aromatic carbocycles. The lowest BCUT2D eigenvalue weighted by molar-refractivity contribution is -0.285. The van der Waals surface area contributed by atoms with Crippen molar-refractivity contribution >= 4 is 17.1 Å². The number of anilines is 1. The molecule has 4 N–H and O–H groups in total. The van der Waals surface area contributed by atoms with Crippen LogP contribution in [0.25, 0.3) is 11.2 Å². The van der Waals surface area contributed by atoms with Crippen molar-refractivity contribution in [2.45, 2.75) is 49.7 Å². The van der Waals surface area contributed by atoms with Gasteiger partial charge in [0.25, 0.3) is 0 Å². The summed E-state index contributed by atoms with van der Waals surface area (Å²) < 4.78 is 84.1. The van der Waals surface area contributed by atoms with E-state index in [1.54, 1.807) is 0 Å². The molecule has 1 aliphatic heterocycles. The van der Waals surface area contributed by atoms with Gasteiger partial charge in [-0.25, -0.2) is 18.7 Å². The van der Waals surface area contributed by atoms with E-state index >= 15 is 0 Å². The smallest absolute Gasteiger partial charge is 0.394 e. The number of ether oxygens (including phenoxy) is 1. The molecule has 1 aliphatic rings. The number of rotatable bonds is 5. The number of halogens is 6. The lowest BCUT2D eigenvalue weighted by Gasteiger charge is -2.19. The number of aryl methyl sites for hydroxylation is 1. The van der Waals surface area contributed by atoms with Crippen LogP contribution >= 0.6 is 0 Å². The van der Waals surface area contributed by atoms with Gasteiger partial charge >= 0.3 is 17.8 Å². The Kier molecular flexibility index (Phi) is 5.25. The van der Waals surface area contributed by atoms with E-state index in [2.05, 4.69) is 9.97 Å². The predicted molar refractivity (Wildman–Crippen MR) is 83.7 cm³/mol. The highest BCUT2D eigenvalue weighted by Crippen LogP contribution is 2.38. The first-order valence-corrected chi connectivity index (χ1v) is 8.15. The average molecular weight is 431 g/mol. The molecular formula is C14H15F6N5O4. The third-order valence-electron chi connectivity index (χ3n) is 4.51. The van der Waals surface area contributed by atoms with Crippen LogP contribution in [-0.2, 0) is 11.3 Å². The topological polar surface area (TPSA) is 128 Å². The number of nitrogen functional groups attached to an aromatic ring is 1. The van der Waals surface area contributed by atoms with Gasteiger partial charge in [-0.05, 0) is 0 Å². The van der Waals surface area contributed by atoms with Gasteiger partial charge in [-0.1, -0.05) is 0 Å². The van der Waals surface area contributed by atoms with Gasteiger partial charge in [0, 0.05) is 13.0 Å². The molecule has 3 rings (SSSR count). The number of hydrogen-bond acceptors (Lipinski definition) is 7. The predicted octanol–water partition coefficient (Wildman–Crippen LogP) is 0.352. The third-order valence-corrected chi connectivity index (χ3v) is 4.51. The van der Waals surface area contributed by atoms with Crippen molar-refractivity contribution in [2.24, 2.45) is 0 Å². The summed E-state index contributed by atoms with van der Waals surface area (Å²) in [6.07, 6.45) is -13.9. The zero-order chi connectivity index (χ0) is 21.7. The maximum Gasteiger partial charge on any atom is 0.453 e. The molecular weight excluding hydrogens is 416 g/mol. The molecule has 4 atom stereocenters. The fourth-order valence-corrected chi connectivity index (χ4v) is 2.98. The van der Waals surface area contributed by atoms with Crippen LogP contribution in [0.2, 0.25) is 0 Å². The van der Waals surface area contributed by atoms with Gasteiger partial charge in [-0.2, -0.15) is 26.9 Å². The number of aliphatic hydroxyl groups excluding tert-OH is 2. The molecule has 0 spiro atoms. The van der Waals surface area contributed by atoms with Crippen LogP contribution in [0.1, 0.15) is 12.6 Å². The number of fused-ring (bicyclic) bond motifs is 1. The van der Waals surface area contributed by atoms with Crippen LogP contribution in [0, 0.1) is 0 Å². The van der Waals surface area contributed by atoms with Crippen molar-refractivity contribution in [3.63, 3.8) is 0 Å². The maximum absolute atomic E-state index is 14.0. The Bertz CT molecular complexity index is 960. The van der Waals surface area contributed by atoms with E-state index in [0.29, 0.717) is 9.13 Å². The van der Waals surface area contributed by atoms with Crippen molar-refractivity contribution in [3.05, 3.63) is 16.7 Å². The van der Waals surface area contributed by atoms with Crippen molar-refractivity contribution < 1.29 is 41.3 Å². The van der Waals surface area contributed by atoms with E-state index in [9.17, 15) is 36.2 Å². The Labute approximate surface area is 157 Å². The van der Waals surface area contributed by atoms with Gasteiger partial charge in [0.15, 0.2) is 18.0 Å². The Hall–Kier alpha value is -2.39. The second-order valence-electron chi connectivity index (χ2n) is 6.38. The third kappa shape index (κ3) is 3.53. The van der Waals surface area contributed by atoms with E-state index in [-0.39, 0.29) is 17.1 Å². The molecule has 15 heteroatoms. The summed E-state index contributed by atoms with van der Waals surface area (Å²) in [6, 6.07) is 0. The lowest BCUT2D eigenvalue weighted by atomic mass is 10.1.